The lowest BCUT2D eigenvalue weighted by molar-refractivity contribution is 0.0692. The Labute approximate surface area is 173 Å². The van der Waals surface area contributed by atoms with Gasteiger partial charge in [-0.25, -0.2) is 22.4 Å². The molecule has 160 valence electrons. The summed E-state index contributed by atoms with van der Waals surface area (Å²) in [5.41, 5.74) is -0.434. The Hall–Kier alpha value is -2.63. The van der Waals surface area contributed by atoms with Gasteiger partial charge >= 0.3 is 5.97 Å². The molecule has 0 saturated heterocycles. The van der Waals surface area contributed by atoms with E-state index in [0.717, 1.165) is 38.5 Å². The molecular weight excluding hydrogens is 396 g/mol. The Kier molecular flexibility index (Phi) is 6.95. The standard InChI is InChI=1S/C24H24F4O2/c1-2-3-4-5-14-6-8-15(9-7-14)17-10-11-18(24(29)30)22(27)21(17)16-12-19(25)23(28)20(26)13-16/h2-3,10-15H,4-9H2,1H3,(H,29,30). The monoisotopic (exact) mass is 420 g/mol. The third kappa shape index (κ3) is 4.58. The van der Waals surface area contributed by atoms with Crippen LogP contribution in [0.25, 0.3) is 11.1 Å². The van der Waals surface area contributed by atoms with E-state index in [1.54, 1.807) is 0 Å². The second-order valence-corrected chi connectivity index (χ2v) is 7.81. The molecule has 2 aromatic rings. The normalized spacial score (nSPS) is 19.4. The summed E-state index contributed by atoms with van der Waals surface area (Å²) in [5, 5.41) is 9.28. The van der Waals surface area contributed by atoms with Crippen LogP contribution >= 0.6 is 0 Å². The van der Waals surface area contributed by atoms with E-state index >= 15 is 4.39 Å². The molecule has 0 bridgehead atoms. The predicted molar refractivity (Wildman–Crippen MR) is 107 cm³/mol. The fourth-order valence-electron chi connectivity index (χ4n) is 4.35. The summed E-state index contributed by atoms with van der Waals surface area (Å²) in [7, 11) is 0. The van der Waals surface area contributed by atoms with Gasteiger partial charge in [0.25, 0.3) is 0 Å². The van der Waals surface area contributed by atoms with Crippen LogP contribution in [-0.2, 0) is 0 Å². The number of benzene rings is 2. The Morgan fingerprint density at radius 3 is 2.23 bits per heavy atom. The van der Waals surface area contributed by atoms with Crippen molar-refractivity contribution in [1.82, 2.24) is 0 Å². The number of rotatable bonds is 6. The Balaban J connectivity index is 1.98. The second kappa shape index (κ2) is 9.45. The maximum absolute atomic E-state index is 15.1. The third-order valence-corrected chi connectivity index (χ3v) is 5.94. The number of aromatic carboxylic acids is 1. The van der Waals surface area contributed by atoms with Crippen LogP contribution in [-0.4, -0.2) is 11.1 Å². The molecule has 0 unspecified atom stereocenters. The van der Waals surface area contributed by atoms with Gasteiger partial charge < -0.3 is 5.11 Å². The minimum atomic E-state index is -1.64. The minimum absolute atomic E-state index is 0.0634. The van der Waals surface area contributed by atoms with E-state index in [4.69, 9.17) is 0 Å². The molecule has 1 fully saturated rings. The molecule has 3 rings (SSSR count). The summed E-state index contributed by atoms with van der Waals surface area (Å²) in [6.45, 7) is 1.98. The summed E-state index contributed by atoms with van der Waals surface area (Å²) in [4.78, 5) is 11.4. The molecule has 1 saturated carbocycles. The van der Waals surface area contributed by atoms with Crippen LogP contribution in [0.2, 0.25) is 0 Å². The highest BCUT2D eigenvalue weighted by Gasteiger charge is 2.28. The largest absolute Gasteiger partial charge is 0.478 e. The van der Waals surface area contributed by atoms with Crippen LogP contribution in [0.1, 0.15) is 67.3 Å². The Bertz CT molecular complexity index is 937. The number of allylic oxidation sites excluding steroid dienone is 2. The zero-order valence-corrected chi connectivity index (χ0v) is 16.7. The number of halogens is 4. The van der Waals surface area contributed by atoms with Gasteiger partial charge in [0.15, 0.2) is 17.5 Å². The molecule has 0 aromatic heterocycles. The van der Waals surface area contributed by atoms with Crippen LogP contribution in [0, 0.1) is 29.2 Å². The SMILES string of the molecule is CC=CCCC1CCC(c2ccc(C(=O)O)c(F)c2-c2cc(F)c(F)c(F)c2)CC1. The number of carboxylic acid groups (broad SMARTS) is 1. The molecule has 0 amide bonds. The van der Waals surface area contributed by atoms with Gasteiger partial charge in [0.05, 0.1) is 5.56 Å². The first kappa shape index (κ1) is 22.1. The van der Waals surface area contributed by atoms with Crippen LogP contribution < -0.4 is 0 Å². The van der Waals surface area contributed by atoms with Gasteiger partial charge in [-0.05, 0) is 86.6 Å². The summed E-state index contributed by atoms with van der Waals surface area (Å²) < 4.78 is 56.2. The maximum Gasteiger partial charge on any atom is 0.338 e. The van der Waals surface area contributed by atoms with Gasteiger partial charge in [-0.3, -0.25) is 0 Å². The minimum Gasteiger partial charge on any atom is -0.478 e. The van der Waals surface area contributed by atoms with Gasteiger partial charge in [-0.1, -0.05) is 18.2 Å². The van der Waals surface area contributed by atoms with Crippen molar-refractivity contribution in [2.45, 2.75) is 51.4 Å². The Morgan fingerprint density at radius 1 is 1.03 bits per heavy atom. The summed E-state index contributed by atoms with van der Waals surface area (Å²) >= 11 is 0. The van der Waals surface area contributed by atoms with E-state index in [2.05, 4.69) is 6.08 Å². The molecule has 0 radical (unpaired) electrons. The van der Waals surface area contributed by atoms with E-state index in [1.165, 1.54) is 12.1 Å². The number of carboxylic acids is 1. The van der Waals surface area contributed by atoms with Crippen LogP contribution in [0.5, 0.6) is 0 Å². The van der Waals surface area contributed by atoms with Gasteiger partial charge in [0, 0.05) is 5.56 Å². The topological polar surface area (TPSA) is 37.3 Å². The number of hydrogen-bond acceptors (Lipinski definition) is 1. The highest BCUT2D eigenvalue weighted by atomic mass is 19.2. The first-order valence-corrected chi connectivity index (χ1v) is 10.1. The molecular formula is C24H24F4O2. The van der Waals surface area contributed by atoms with Crippen LogP contribution in [0.3, 0.4) is 0 Å². The fraction of sp³-hybridized carbons (Fsp3) is 0.375. The maximum atomic E-state index is 15.1. The van der Waals surface area contributed by atoms with Crippen LogP contribution in [0.4, 0.5) is 17.6 Å². The van der Waals surface area contributed by atoms with E-state index in [1.807, 2.05) is 13.0 Å². The molecule has 0 aliphatic heterocycles. The average molecular weight is 420 g/mol. The molecule has 0 heterocycles. The average Bonchev–Trinajstić information content (AvgIpc) is 2.72. The lowest BCUT2D eigenvalue weighted by Gasteiger charge is -2.30. The van der Waals surface area contributed by atoms with E-state index in [-0.39, 0.29) is 17.0 Å². The zero-order valence-electron chi connectivity index (χ0n) is 16.7. The Morgan fingerprint density at radius 2 is 1.67 bits per heavy atom. The molecule has 0 atom stereocenters. The third-order valence-electron chi connectivity index (χ3n) is 5.94. The molecule has 30 heavy (non-hydrogen) atoms. The summed E-state index contributed by atoms with van der Waals surface area (Å²) in [5.74, 6) is -6.56. The van der Waals surface area contributed by atoms with Crippen molar-refractivity contribution >= 4 is 5.97 Å². The van der Waals surface area contributed by atoms with E-state index in [9.17, 15) is 23.1 Å². The lowest BCUT2D eigenvalue weighted by atomic mass is 9.75. The van der Waals surface area contributed by atoms with Crippen molar-refractivity contribution in [3.05, 3.63) is 70.8 Å². The first-order valence-electron chi connectivity index (χ1n) is 10.1. The van der Waals surface area contributed by atoms with Crippen molar-refractivity contribution in [2.75, 3.05) is 0 Å². The van der Waals surface area contributed by atoms with Gasteiger partial charge in [0.2, 0.25) is 0 Å². The predicted octanol–water partition coefficient (Wildman–Crippen LogP) is 7.24. The molecule has 1 aliphatic rings. The molecule has 2 aromatic carbocycles. The van der Waals surface area contributed by atoms with Crippen molar-refractivity contribution in [2.24, 2.45) is 5.92 Å². The number of hydrogen-bond donors (Lipinski definition) is 1. The highest BCUT2D eigenvalue weighted by molar-refractivity contribution is 5.90. The highest BCUT2D eigenvalue weighted by Crippen LogP contribution is 2.43. The van der Waals surface area contributed by atoms with Crippen molar-refractivity contribution in [3.63, 3.8) is 0 Å². The zero-order chi connectivity index (χ0) is 21.8. The van der Waals surface area contributed by atoms with Gasteiger partial charge in [0.1, 0.15) is 5.82 Å². The first-order chi connectivity index (χ1) is 14.3. The van der Waals surface area contributed by atoms with Gasteiger partial charge in [-0.2, -0.15) is 0 Å². The summed E-state index contributed by atoms with van der Waals surface area (Å²) in [6, 6.07) is 4.14. The molecule has 6 heteroatoms. The van der Waals surface area contributed by atoms with E-state index in [0.29, 0.717) is 23.6 Å². The van der Waals surface area contributed by atoms with Crippen molar-refractivity contribution in [1.29, 1.82) is 0 Å². The molecule has 1 N–H and O–H groups in total. The van der Waals surface area contributed by atoms with E-state index < -0.39 is 34.8 Å². The summed E-state index contributed by atoms with van der Waals surface area (Å²) in [6.07, 6.45) is 9.65. The molecule has 0 spiro atoms. The molecule has 1 aliphatic carbocycles. The number of carbonyl (C=O) groups is 1. The quantitative estimate of drug-likeness (QED) is 0.304. The second-order valence-electron chi connectivity index (χ2n) is 7.81. The smallest absolute Gasteiger partial charge is 0.338 e. The van der Waals surface area contributed by atoms with Crippen molar-refractivity contribution in [3.8, 4) is 11.1 Å². The van der Waals surface area contributed by atoms with Crippen molar-refractivity contribution < 1.29 is 27.5 Å². The van der Waals surface area contributed by atoms with Gasteiger partial charge in [-0.15, -0.1) is 0 Å². The lowest BCUT2D eigenvalue weighted by Crippen LogP contribution is -2.15. The fourth-order valence-corrected chi connectivity index (χ4v) is 4.35. The van der Waals surface area contributed by atoms with Crippen LogP contribution in [0.15, 0.2) is 36.4 Å². The molecule has 2 nitrogen and oxygen atoms in total.